The topological polar surface area (TPSA) is 67.9 Å². The number of benzene rings is 2. The number of hydrogen-bond donors (Lipinski definition) is 1. The molecule has 0 saturated carbocycles. The van der Waals surface area contributed by atoms with Gasteiger partial charge in [0.15, 0.2) is 11.5 Å². The second kappa shape index (κ2) is 8.12. The zero-order chi connectivity index (χ0) is 19.4. The lowest BCUT2D eigenvalue weighted by molar-refractivity contribution is -0.132. The van der Waals surface area contributed by atoms with E-state index in [1.54, 1.807) is 44.2 Å². The number of fused-ring (bicyclic) bond motifs is 1. The third-order valence-corrected chi connectivity index (χ3v) is 4.86. The smallest absolute Gasteiger partial charge is 0.226 e. The number of rotatable bonds is 5. The Morgan fingerprint density at radius 2 is 1.85 bits per heavy atom. The first-order valence-electron chi connectivity index (χ1n) is 8.90. The van der Waals surface area contributed by atoms with Gasteiger partial charge < -0.3 is 19.7 Å². The van der Waals surface area contributed by atoms with E-state index in [1.807, 2.05) is 18.2 Å². The van der Waals surface area contributed by atoms with Gasteiger partial charge >= 0.3 is 0 Å². The predicted molar refractivity (Wildman–Crippen MR) is 103 cm³/mol. The van der Waals surface area contributed by atoms with Crippen LogP contribution in [0.2, 0.25) is 0 Å². The van der Waals surface area contributed by atoms with Crippen LogP contribution in [0.15, 0.2) is 42.5 Å². The molecule has 1 atom stereocenters. The summed E-state index contributed by atoms with van der Waals surface area (Å²) in [4.78, 5) is 26.5. The SMILES string of the molecule is COc1ccc(NC(=O)CC2c3ccccc3CCN2C(C)=O)cc1OC. The molecule has 142 valence electrons. The van der Waals surface area contributed by atoms with E-state index in [9.17, 15) is 9.59 Å². The Labute approximate surface area is 159 Å². The molecule has 6 nitrogen and oxygen atoms in total. The Bertz CT molecular complexity index is 850. The molecule has 0 fully saturated rings. The molecule has 0 spiro atoms. The highest BCUT2D eigenvalue weighted by Crippen LogP contribution is 2.33. The molecule has 27 heavy (non-hydrogen) atoms. The van der Waals surface area contributed by atoms with Gasteiger partial charge in [0.1, 0.15) is 0 Å². The molecular weight excluding hydrogens is 344 g/mol. The van der Waals surface area contributed by atoms with E-state index < -0.39 is 0 Å². The number of anilines is 1. The normalized spacial score (nSPS) is 15.7. The van der Waals surface area contributed by atoms with Crippen LogP contribution in [0.25, 0.3) is 0 Å². The molecule has 0 radical (unpaired) electrons. The number of carbonyl (C=O) groups excluding carboxylic acids is 2. The maximum absolute atomic E-state index is 12.7. The average Bonchev–Trinajstić information content (AvgIpc) is 2.67. The zero-order valence-electron chi connectivity index (χ0n) is 15.8. The molecule has 0 aromatic heterocycles. The van der Waals surface area contributed by atoms with Crippen molar-refractivity contribution in [2.24, 2.45) is 0 Å². The van der Waals surface area contributed by atoms with Crippen LogP contribution in [-0.4, -0.2) is 37.5 Å². The number of ether oxygens (including phenoxy) is 2. The molecule has 1 N–H and O–H groups in total. The number of amides is 2. The summed E-state index contributed by atoms with van der Waals surface area (Å²) in [5.74, 6) is 0.965. The van der Waals surface area contributed by atoms with Gasteiger partial charge in [0.25, 0.3) is 0 Å². The van der Waals surface area contributed by atoms with Crippen molar-refractivity contribution in [2.45, 2.75) is 25.8 Å². The first-order valence-corrected chi connectivity index (χ1v) is 8.90. The summed E-state index contributed by atoms with van der Waals surface area (Å²) in [7, 11) is 3.11. The van der Waals surface area contributed by atoms with Crippen molar-refractivity contribution < 1.29 is 19.1 Å². The van der Waals surface area contributed by atoms with Crippen molar-refractivity contribution in [3.05, 3.63) is 53.6 Å². The Morgan fingerprint density at radius 1 is 1.11 bits per heavy atom. The van der Waals surface area contributed by atoms with E-state index in [2.05, 4.69) is 11.4 Å². The maximum Gasteiger partial charge on any atom is 0.226 e. The Morgan fingerprint density at radius 3 is 2.56 bits per heavy atom. The molecule has 1 aliphatic rings. The van der Waals surface area contributed by atoms with E-state index in [-0.39, 0.29) is 24.3 Å². The molecule has 0 aliphatic carbocycles. The Kier molecular flexibility index (Phi) is 5.64. The van der Waals surface area contributed by atoms with E-state index in [1.165, 1.54) is 5.56 Å². The molecule has 2 aromatic carbocycles. The summed E-state index contributed by atoms with van der Waals surface area (Å²) in [6.45, 7) is 2.17. The van der Waals surface area contributed by atoms with Crippen LogP contribution in [0.3, 0.4) is 0 Å². The number of methoxy groups -OCH3 is 2. The maximum atomic E-state index is 12.7. The minimum atomic E-state index is -0.257. The van der Waals surface area contributed by atoms with Crippen LogP contribution in [-0.2, 0) is 16.0 Å². The van der Waals surface area contributed by atoms with Crippen LogP contribution in [0, 0.1) is 0 Å². The minimum Gasteiger partial charge on any atom is -0.493 e. The standard InChI is InChI=1S/C21H24N2O4/c1-14(24)23-11-10-15-6-4-5-7-17(15)18(23)13-21(25)22-16-8-9-19(26-2)20(12-16)27-3/h4-9,12,18H,10-11,13H2,1-3H3,(H,22,25). The highest BCUT2D eigenvalue weighted by Gasteiger charge is 2.30. The summed E-state index contributed by atoms with van der Waals surface area (Å²) >= 11 is 0. The lowest BCUT2D eigenvalue weighted by Gasteiger charge is -2.36. The van der Waals surface area contributed by atoms with Crippen LogP contribution >= 0.6 is 0 Å². The number of hydrogen-bond acceptors (Lipinski definition) is 4. The fourth-order valence-electron chi connectivity index (χ4n) is 3.55. The van der Waals surface area contributed by atoms with E-state index in [4.69, 9.17) is 9.47 Å². The van der Waals surface area contributed by atoms with Crippen molar-refractivity contribution in [3.8, 4) is 11.5 Å². The molecule has 1 heterocycles. The second-order valence-corrected chi connectivity index (χ2v) is 6.50. The highest BCUT2D eigenvalue weighted by molar-refractivity contribution is 5.92. The van der Waals surface area contributed by atoms with Gasteiger partial charge in [0.2, 0.25) is 11.8 Å². The van der Waals surface area contributed by atoms with E-state index >= 15 is 0 Å². The quantitative estimate of drug-likeness (QED) is 0.880. The molecule has 3 rings (SSSR count). The summed E-state index contributed by atoms with van der Waals surface area (Å²) in [6.07, 6.45) is 1.01. The van der Waals surface area contributed by atoms with Crippen molar-refractivity contribution in [3.63, 3.8) is 0 Å². The largest absolute Gasteiger partial charge is 0.493 e. The number of carbonyl (C=O) groups is 2. The van der Waals surface area contributed by atoms with Crippen molar-refractivity contribution >= 4 is 17.5 Å². The first-order chi connectivity index (χ1) is 13.0. The lowest BCUT2D eigenvalue weighted by Crippen LogP contribution is -2.40. The summed E-state index contributed by atoms with van der Waals surface area (Å²) < 4.78 is 10.5. The molecule has 0 saturated heterocycles. The summed E-state index contributed by atoms with van der Waals surface area (Å²) in [5.41, 5.74) is 2.86. The van der Waals surface area contributed by atoms with Crippen LogP contribution in [0.5, 0.6) is 11.5 Å². The van der Waals surface area contributed by atoms with Gasteiger partial charge in [0.05, 0.1) is 26.7 Å². The third-order valence-electron chi connectivity index (χ3n) is 4.86. The van der Waals surface area contributed by atoms with Gasteiger partial charge in [-0.05, 0) is 29.7 Å². The Hall–Kier alpha value is -3.02. The van der Waals surface area contributed by atoms with Gasteiger partial charge in [-0.25, -0.2) is 0 Å². The fraction of sp³-hybridized carbons (Fsp3) is 0.333. The van der Waals surface area contributed by atoms with Crippen molar-refractivity contribution in [1.82, 2.24) is 4.90 Å². The number of nitrogens with zero attached hydrogens (tertiary/aromatic N) is 1. The molecule has 2 aromatic rings. The molecule has 2 amide bonds. The molecule has 1 aliphatic heterocycles. The van der Waals surface area contributed by atoms with E-state index in [0.717, 1.165) is 12.0 Å². The highest BCUT2D eigenvalue weighted by atomic mass is 16.5. The Balaban J connectivity index is 1.79. The minimum absolute atomic E-state index is 0.0200. The first kappa shape index (κ1) is 18.8. The fourth-order valence-corrected chi connectivity index (χ4v) is 3.55. The zero-order valence-corrected chi connectivity index (χ0v) is 15.8. The summed E-state index contributed by atoms with van der Waals surface area (Å²) in [5, 5.41) is 2.89. The molecule has 1 unspecified atom stereocenters. The van der Waals surface area contributed by atoms with Gasteiger partial charge in [-0.2, -0.15) is 0 Å². The van der Waals surface area contributed by atoms with Gasteiger partial charge in [-0.3, -0.25) is 9.59 Å². The van der Waals surface area contributed by atoms with E-state index in [0.29, 0.717) is 23.7 Å². The van der Waals surface area contributed by atoms with Crippen LogP contribution in [0.1, 0.15) is 30.5 Å². The lowest BCUT2D eigenvalue weighted by atomic mass is 9.90. The van der Waals surface area contributed by atoms with Gasteiger partial charge in [-0.1, -0.05) is 24.3 Å². The second-order valence-electron chi connectivity index (χ2n) is 6.50. The molecule has 0 bridgehead atoms. The predicted octanol–water partition coefficient (Wildman–Crippen LogP) is 3.18. The third kappa shape index (κ3) is 4.05. The van der Waals surface area contributed by atoms with Gasteiger partial charge in [-0.15, -0.1) is 0 Å². The van der Waals surface area contributed by atoms with Crippen LogP contribution < -0.4 is 14.8 Å². The van der Waals surface area contributed by atoms with Crippen molar-refractivity contribution in [2.75, 3.05) is 26.1 Å². The number of nitrogens with one attached hydrogen (secondary N) is 1. The monoisotopic (exact) mass is 368 g/mol. The average molecular weight is 368 g/mol. The molecular formula is C21H24N2O4. The van der Waals surface area contributed by atoms with Gasteiger partial charge in [0, 0.05) is 25.2 Å². The van der Waals surface area contributed by atoms with Crippen molar-refractivity contribution in [1.29, 1.82) is 0 Å². The summed E-state index contributed by atoms with van der Waals surface area (Å²) in [6, 6.07) is 13.0. The molecule has 6 heteroatoms. The van der Waals surface area contributed by atoms with Crippen LogP contribution in [0.4, 0.5) is 5.69 Å².